The predicted octanol–water partition coefficient (Wildman–Crippen LogP) is 0.704. The average Bonchev–Trinajstić information content (AvgIpc) is 2.97. The van der Waals surface area contributed by atoms with Gasteiger partial charge < -0.3 is 14.4 Å². The molecular weight excluding hydrogens is 460 g/mol. The van der Waals surface area contributed by atoms with Gasteiger partial charge in [-0.2, -0.15) is 0 Å². The fourth-order valence-electron chi connectivity index (χ4n) is 2.87. The van der Waals surface area contributed by atoms with E-state index >= 15 is 0 Å². The van der Waals surface area contributed by atoms with Gasteiger partial charge in [-0.1, -0.05) is 28.1 Å². The Morgan fingerprint density at radius 2 is 2.07 bits per heavy atom. The van der Waals surface area contributed by atoms with Crippen LogP contribution < -0.4 is 14.8 Å². The number of nitrogens with zero attached hydrogens (tertiary/aromatic N) is 2. The van der Waals surface area contributed by atoms with E-state index in [0.717, 1.165) is 21.4 Å². The number of hydrogen-bond acceptors (Lipinski definition) is 6. The van der Waals surface area contributed by atoms with Crippen LogP contribution in [0.4, 0.5) is 0 Å². The molecule has 1 aliphatic rings. The van der Waals surface area contributed by atoms with Crippen molar-refractivity contribution in [2.45, 2.75) is 13.5 Å². The molecule has 0 saturated carbocycles. The molecule has 0 bridgehead atoms. The topological polar surface area (TPSA) is 77.8 Å². The lowest BCUT2D eigenvalue weighted by atomic mass is 10.2. The van der Waals surface area contributed by atoms with Gasteiger partial charge in [0.05, 0.1) is 30.4 Å². The molecule has 3 rings (SSSR count). The van der Waals surface area contributed by atoms with Gasteiger partial charge in [0.2, 0.25) is 5.91 Å². The SMILES string of the molecule is CCOC(=O)C=c1sc(=Cc2cccc(Br)c2)c(=O)n1CC(=O)N1CCOCC1. The van der Waals surface area contributed by atoms with Crippen LogP contribution in [-0.4, -0.2) is 54.3 Å². The lowest BCUT2D eigenvalue weighted by molar-refractivity contribution is -0.136. The summed E-state index contributed by atoms with van der Waals surface area (Å²) in [6.07, 6.45) is 3.01. The van der Waals surface area contributed by atoms with Gasteiger partial charge in [0, 0.05) is 17.6 Å². The van der Waals surface area contributed by atoms with E-state index in [2.05, 4.69) is 15.9 Å². The number of rotatable bonds is 5. The molecule has 7 nitrogen and oxygen atoms in total. The van der Waals surface area contributed by atoms with Crippen LogP contribution >= 0.6 is 27.3 Å². The second-order valence-electron chi connectivity index (χ2n) is 6.28. The highest BCUT2D eigenvalue weighted by molar-refractivity contribution is 9.10. The zero-order valence-electron chi connectivity index (χ0n) is 15.9. The fourth-order valence-corrected chi connectivity index (χ4v) is 4.32. The monoisotopic (exact) mass is 480 g/mol. The van der Waals surface area contributed by atoms with Gasteiger partial charge in [-0.25, -0.2) is 4.79 Å². The van der Waals surface area contributed by atoms with Crippen LogP contribution in [0.25, 0.3) is 12.2 Å². The summed E-state index contributed by atoms with van der Waals surface area (Å²) in [6.45, 7) is 3.75. The van der Waals surface area contributed by atoms with E-state index in [1.807, 2.05) is 24.3 Å². The molecule has 1 aromatic carbocycles. The van der Waals surface area contributed by atoms with Crippen LogP contribution in [0.3, 0.4) is 0 Å². The first-order valence-electron chi connectivity index (χ1n) is 9.19. The highest BCUT2D eigenvalue weighted by Gasteiger charge is 2.19. The number of carbonyl (C=O) groups excluding carboxylic acids is 2. The molecule has 0 atom stereocenters. The second-order valence-corrected chi connectivity index (χ2v) is 8.26. The number of hydrogen-bond donors (Lipinski definition) is 0. The molecule has 0 N–H and O–H groups in total. The largest absolute Gasteiger partial charge is 0.463 e. The summed E-state index contributed by atoms with van der Waals surface area (Å²) in [6, 6.07) is 7.53. The van der Waals surface area contributed by atoms with Gasteiger partial charge in [0.15, 0.2) is 0 Å². The second kappa shape index (κ2) is 10.00. The van der Waals surface area contributed by atoms with Crippen molar-refractivity contribution in [2.75, 3.05) is 32.9 Å². The molecule has 0 unspecified atom stereocenters. The van der Waals surface area contributed by atoms with E-state index in [1.165, 1.54) is 10.6 Å². The molecule has 2 aromatic rings. The van der Waals surface area contributed by atoms with E-state index < -0.39 is 5.97 Å². The number of carbonyl (C=O) groups is 2. The number of ether oxygens (including phenoxy) is 2. The molecule has 1 aromatic heterocycles. The smallest absolute Gasteiger partial charge is 0.333 e. The van der Waals surface area contributed by atoms with E-state index in [-0.39, 0.29) is 24.6 Å². The van der Waals surface area contributed by atoms with Gasteiger partial charge in [-0.15, -0.1) is 11.3 Å². The van der Waals surface area contributed by atoms with Gasteiger partial charge in [-0.05, 0) is 30.7 Å². The minimum Gasteiger partial charge on any atom is -0.463 e. The summed E-state index contributed by atoms with van der Waals surface area (Å²) in [7, 11) is 0. The van der Waals surface area contributed by atoms with Crippen molar-refractivity contribution >= 4 is 51.3 Å². The molecule has 1 amide bonds. The highest BCUT2D eigenvalue weighted by atomic mass is 79.9. The number of esters is 1. The van der Waals surface area contributed by atoms with E-state index in [1.54, 1.807) is 17.9 Å². The van der Waals surface area contributed by atoms with Crippen molar-refractivity contribution in [2.24, 2.45) is 0 Å². The molecular formula is C20H21BrN2O5S. The van der Waals surface area contributed by atoms with Gasteiger partial charge >= 0.3 is 5.97 Å². The molecule has 29 heavy (non-hydrogen) atoms. The first-order valence-corrected chi connectivity index (χ1v) is 10.8. The Hall–Kier alpha value is -2.23. The first-order chi connectivity index (χ1) is 14.0. The van der Waals surface area contributed by atoms with Gasteiger partial charge in [0.1, 0.15) is 11.2 Å². The number of benzene rings is 1. The van der Waals surface area contributed by atoms with Crippen molar-refractivity contribution in [3.05, 3.63) is 53.9 Å². The summed E-state index contributed by atoms with van der Waals surface area (Å²) in [4.78, 5) is 39.3. The Morgan fingerprint density at radius 1 is 1.31 bits per heavy atom. The Labute approximate surface area is 180 Å². The maximum atomic E-state index is 13.0. The van der Waals surface area contributed by atoms with Crippen LogP contribution in [0.2, 0.25) is 0 Å². The van der Waals surface area contributed by atoms with Crippen molar-refractivity contribution in [3.8, 4) is 0 Å². The minimum atomic E-state index is -0.546. The van der Waals surface area contributed by atoms with Crippen molar-refractivity contribution in [1.29, 1.82) is 0 Å². The third-order valence-corrected chi connectivity index (χ3v) is 5.82. The van der Waals surface area contributed by atoms with Crippen molar-refractivity contribution in [3.63, 3.8) is 0 Å². The molecule has 0 aliphatic carbocycles. The van der Waals surface area contributed by atoms with E-state index in [9.17, 15) is 14.4 Å². The fraction of sp³-hybridized carbons (Fsp3) is 0.350. The molecule has 1 aliphatic heterocycles. The summed E-state index contributed by atoms with van der Waals surface area (Å²) in [5.41, 5.74) is 0.527. The molecule has 154 valence electrons. The number of amides is 1. The Bertz CT molecular complexity index is 1070. The normalized spacial score (nSPS) is 15.6. The Balaban J connectivity index is 2.02. The van der Waals surface area contributed by atoms with Crippen molar-refractivity contribution < 1.29 is 19.1 Å². The van der Waals surface area contributed by atoms with Gasteiger partial charge in [0.25, 0.3) is 5.56 Å². The van der Waals surface area contributed by atoms with Crippen LogP contribution in [0.15, 0.2) is 33.5 Å². The van der Waals surface area contributed by atoms with Crippen LogP contribution in [0.1, 0.15) is 12.5 Å². The zero-order valence-corrected chi connectivity index (χ0v) is 18.3. The van der Waals surface area contributed by atoms with E-state index in [0.29, 0.717) is 35.5 Å². The number of halogens is 1. The third kappa shape index (κ3) is 5.65. The molecule has 1 fully saturated rings. The Kier molecular flexibility index (Phi) is 7.40. The number of thiazole rings is 1. The summed E-state index contributed by atoms with van der Waals surface area (Å²) in [5, 5.41) is 0. The summed E-state index contributed by atoms with van der Waals surface area (Å²) < 4.78 is 13.3. The molecule has 1 saturated heterocycles. The quantitative estimate of drug-likeness (QED) is 0.588. The van der Waals surface area contributed by atoms with Crippen LogP contribution in [0.5, 0.6) is 0 Å². The number of aromatic nitrogens is 1. The average molecular weight is 481 g/mol. The summed E-state index contributed by atoms with van der Waals surface area (Å²) >= 11 is 4.57. The molecule has 2 heterocycles. The highest BCUT2D eigenvalue weighted by Crippen LogP contribution is 2.11. The standard InChI is InChI=1S/C20H21BrN2O5S/c1-2-28-19(25)12-18-23(13-17(24)22-6-8-27-9-7-22)20(26)16(29-18)11-14-4-3-5-15(21)10-14/h3-5,10-12H,2,6-9,13H2,1H3. The molecule has 9 heteroatoms. The minimum absolute atomic E-state index is 0.132. The van der Waals surface area contributed by atoms with Crippen molar-refractivity contribution in [1.82, 2.24) is 9.47 Å². The van der Waals surface area contributed by atoms with Crippen LogP contribution in [-0.2, 0) is 25.6 Å². The van der Waals surface area contributed by atoms with E-state index in [4.69, 9.17) is 9.47 Å². The number of morpholine rings is 1. The maximum Gasteiger partial charge on any atom is 0.333 e. The van der Waals surface area contributed by atoms with Crippen LogP contribution in [0, 0.1) is 0 Å². The maximum absolute atomic E-state index is 13.0. The lowest BCUT2D eigenvalue weighted by Gasteiger charge is -2.26. The molecule has 0 radical (unpaired) electrons. The first kappa shape index (κ1) is 21.5. The lowest BCUT2D eigenvalue weighted by Crippen LogP contribution is -2.45. The molecule has 0 spiro atoms. The van der Waals surface area contributed by atoms with Gasteiger partial charge in [-0.3, -0.25) is 14.2 Å². The third-order valence-electron chi connectivity index (χ3n) is 4.27. The summed E-state index contributed by atoms with van der Waals surface area (Å²) in [5.74, 6) is -0.726. The Morgan fingerprint density at radius 3 is 2.76 bits per heavy atom. The predicted molar refractivity (Wildman–Crippen MR) is 114 cm³/mol. The zero-order chi connectivity index (χ0) is 20.8.